The molecule has 1 aromatic rings. The third-order valence-electron chi connectivity index (χ3n) is 3.85. The normalized spacial score (nSPS) is 19.8. The molecule has 1 heterocycles. The lowest BCUT2D eigenvalue weighted by Gasteiger charge is -2.35. The molecule has 1 fully saturated rings. The minimum absolute atomic E-state index is 0.0869. The Bertz CT molecular complexity index is 350. The topological polar surface area (TPSA) is 56.7 Å². The number of rotatable bonds is 4. The van der Waals surface area contributed by atoms with Gasteiger partial charge in [-0.3, -0.25) is 0 Å². The molecular formula is C13H24N4. The van der Waals surface area contributed by atoms with Crippen LogP contribution >= 0.6 is 0 Å². The highest BCUT2D eigenvalue weighted by atomic mass is 15.3. The zero-order chi connectivity index (χ0) is 12.3. The van der Waals surface area contributed by atoms with Gasteiger partial charge in [-0.15, -0.1) is 10.2 Å². The van der Waals surface area contributed by atoms with E-state index in [1.807, 2.05) is 6.33 Å². The van der Waals surface area contributed by atoms with Crippen molar-refractivity contribution in [2.75, 3.05) is 6.54 Å². The van der Waals surface area contributed by atoms with Gasteiger partial charge >= 0.3 is 0 Å². The molecule has 2 N–H and O–H groups in total. The Labute approximate surface area is 104 Å². The Morgan fingerprint density at radius 2 is 2.06 bits per heavy atom. The van der Waals surface area contributed by atoms with Gasteiger partial charge in [0.1, 0.15) is 12.2 Å². The van der Waals surface area contributed by atoms with E-state index in [1.54, 1.807) is 0 Å². The van der Waals surface area contributed by atoms with E-state index >= 15 is 0 Å². The average Bonchev–Trinajstić information content (AvgIpc) is 2.78. The molecular weight excluding hydrogens is 212 g/mol. The summed E-state index contributed by atoms with van der Waals surface area (Å²) in [6.45, 7) is 6.13. The number of aromatic nitrogens is 3. The molecule has 1 aliphatic carbocycles. The zero-order valence-electron chi connectivity index (χ0n) is 11.0. The molecule has 0 atom stereocenters. The lowest BCUT2D eigenvalue weighted by atomic mass is 9.73. The van der Waals surface area contributed by atoms with Crippen molar-refractivity contribution in [1.29, 1.82) is 0 Å². The fourth-order valence-electron chi connectivity index (χ4n) is 2.94. The Balaban J connectivity index is 2.26. The van der Waals surface area contributed by atoms with Crippen LogP contribution in [0.3, 0.4) is 0 Å². The minimum atomic E-state index is 0.0869. The van der Waals surface area contributed by atoms with Crippen molar-refractivity contribution in [3.8, 4) is 0 Å². The first kappa shape index (κ1) is 12.6. The van der Waals surface area contributed by atoms with Crippen LogP contribution in [-0.2, 0) is 12.0 Å². The van der Waals surface area contributed by atoms with Crippen molar-refractivity contribution < 1.29 is 0 Å². The van der Waals surface area contributed by atoms with Gasteiger partial charge in [0.25, 0.3) is 0 Å². The standard InChI is InChI=1S/C13H24N4/c1-11(2)8-17-10-15-16-12(17)13(9-14)6-4-3-5-7-13/h10-11H,3-9,14H2,1-2H3. The van der Waals surface area contributed by atoms with Gasteiger partial charge in [-0.25, -0.2) is 0 Å². The van der Waals surface area contributed by atoms with Gasteiger partial charge < -0.3 is 10.3 Å². The summed E-state index contributed by atoms with van der Waals surface area (Å²) in [5.41, 5.74) is 6.13. The summed E-state index contributed by atoms with van der Waals surface area (Å²) in [5, 5.41) is 8.47. The summed E-state index contributed by atoms with van der Waals surface area (Å²) in [7, 11) is 0. The van der Waals surface area contributed by atoms with Crippen molar-refractivity contribution in [2.24, 2.45) is 11.7 Å². The molecule has 0 radical (unpaired) electrons. The van der Waals surface area contributed by atoms with E-state index in [9.17, 15) is 0 Å². The Kier molecular flexibility index (Phi) is 3.82. The fraction of sp³-hybridized carbons (Fsp3) is 0.846. The lowest BCUT2D eigenvalue weighted by molar-refractivity contribution is 0.272. The van der Waals surface area contributed by atoms with Crippen molar-refractivity contribution in [3.63, 3.8) is 0 Å². The van der Waals surface area contributed by atoms with Crippen molar-refractivity contribution in [3.05, 3.63) is 12.2 Å². The third-order valence-corrected chi connectivity index (χ3v) is 3.85. The van der Waals surface area contributed by atoms with E-state index in [4.69, 9.17) is 5.73 Å². The van der Waals surface area contributed by atoms with Crippen molar-refractivity contribution >= 4 is 0 Å². The minimum Gasteiger partial charge on any atom is -0.329 e. The van der Waals surface area contributed by atoms with Crippen LogP contribution in [0.25, 0.3) is 0 Å². The summed E-state index contributed by atoms with van der Waals surface area (Å²) in [6, 6.07) is 0. The number of hydrogen-bond donors (Lipinski definition) is 1. The van der Waals surface area contributed by atoms with E-state index in [-0.39, 0.29) is 5.41 Å². The summed E-state index contributed by atoms with van der Waals surface area (Å²) in [5.74, 6) is 1.73. The highest BCUT2D eigenvalue weighted by molar-refractivity contribution is 5.10. The Morgan fingerprint density at radius 3 is 2.65 bits per heavy atom. The van der Waals surface area contributed by atoms with Crippen LogP contribution in [0.2, 0.25) is 0 Å². The molecule has 0 amide bonds. The second-order valence-corrected chi connectivity index (χ2v) is 5.75. The Hall–Kier alpha value is -0.900. The third kappa shape index (κ3) is 2.51. The van der Waals surface area contributed by atoms with Crippen LogP contribution in [-0.4, -0.2) is 21.3 Å². The van der Waals surface area contributed by atoms with Crippen LogP contribution in [0.15, 0.2) is 6.33 Å². The fourth-order valence-corrected chi connectivity index (χ4v) is 2.94. The van der Waals surface area contributed by atoms with Gasteiger partial charge in [0.15, 0.2) is 0 Å². The van der Waals surface area contributed by atoms with Crippen LogP contribution < -0.4 is 5.73 Å². The predicted molar refractivity (Wildman–Crippen MR) is 68.7 cm³/mol. The first-order valence-corrected chi connectivity index (χ1v) is 6.76. The summed E-state index contributed by atoms with van der Waals surface area (Å²) >= 11 is 0. The first-order valence-electron chi connectivity index (χ1n) is 6.76. The van der Waals surface area contributed by atoms with Crippen molar-refractivity contribution in [2.45, 2.75) is 57.9 Å². The smallest absolute Gasteiger partial charge is 0.140 e. The van der Waals surface area contributed by atoms with E-state index in [0.29, 0.717) is 12.5 Å². The van der Waals surface area contributed by atoms with Gasteiger partial charge in [-0.05, 0) is 18.8 Å². The maximum atomic E-state index is 6.05. The highest BCUT2D eigenvalue weighted by Gasteiger charge is 2.36. The largest absolute Gasteiger partial charge is 0.329 e. The molecule has 0 aliphatic heterocycles. The summed E-state index contributed by atoms with van der Waals surface area (Å²) in [4.78, 5) is 0. The molecule has 4 nitrogen and oxygen atoms in total. The lowest BCUT2D eigenvalue weighted by Crippen LogP contribution is -2.40. The van der Waals surface area contributed by atoms with E-state index in [1.165, 1.54) is 32.1 Å². The van der Waals surface area contributed by atoms with Gasteiger partial charge in [-0.1, -0.05) is 33.1 Å². The van der Waals surface area contributed by atoms with Gasteiger partial charge in [0.2, 0.25) is 0 Å². The monoisotopic (exact) mass is 236 g/mol. The quantitative estimate of drug-likeness (QED) is 0.871. The maximum Gasteiger partial charge on any atom is 0.140 e. The zero-order valence-corrected chi connectivity index (χ0v) is 11.0. The molecule has 0 unspecified atom stereocenters. The molecule has 17 heavy (non-hydrogen) atoms. The second-order valence-electron chi connectivity index (χ2n) is 5.75. The molecule has 1 aromatic heterocycles. The maximum absolute atomic E-state index is 6.05. The van der Waals surface area contributed by atoms with Crippen LogP contribution in [0.4, 0.5) is 0 Å². The van der Waals surface area contributed by atoms with Gasteiger partial charge in [-0.2, -0.15) is 0 Å². The average molecular weight is 236 g/mol. The van der Waals surface area contributed by atoms with E-state index < -0.39 is 0 Å². The molecule has 0 bridgehead atoms. The Morgan fingerprint density at radius 1 is 1.35 bits per heavy atom. The molecule has 0 saturated heterocycles. The second kappa shape index (κ2) is 5.17. The number of nitrogens with zero attached hydrogens (tertiary/aromatic N) is 3. The van der Waals surface area contributed by atoms with E-state index in [2.05, 4.69) is 28.6 Å². The van der Waals surface area contributed by atoms with Gasteiger partial charge in [0.05, 0.1) is 0 Å². The summed E-state index contributed by atoms with van der Waals surface area (Å²) < 4.78 is 2.21. The van der Waals surface area contributed by atoms with Crippen LogP contribution in [0, 0.1) is 5.92 Å². The molecule has 0 aromatic carbocycles. The number of hydrogen-bond acceptors (Lipinski definition) is 3. The van der Waals surface area contributed by atoms with Crippen molar-refractivity contribution in [1.82, 2.24) is 14.8 Å². The van der Waals surface area contributed by atoms with Crippen LogP contribution in [0.1, 0.15) is 51.8 Å². The SMILES string of the molecule is CC(C)Cn1cnnc1C1(CN)CCCCC1. The molecule has 96 valence electrons. The number of nitrogens with two attached hydrogens (primary N) is 1. The highest BCUT2D eigenvalue weighted by Crippen LogP contribution is 2.37. The predicted octanol–water partition coefficient (Wildman–Crippen LogP) is 2.09. The van der Waals surface area contributed by atoms with Crippen LogP contribution in [0.5, 0.6) is 0 Å². The molecule has 2 rings (SSSR count). The first-order chi connectivity index (χ1) is 8.18. The van der Waals surface area contributed by atoms with E-state index in [0.717, 1.165) is 12.4 Å². The van der Waals surface area contributed by atoms with Gasteiger partial charge in [0, 0.05) is 18.5 Å². The summed E-state index contributed by atoms with van der Waals surface area (Å²) in [6.07, 6.45) is 8.07. The molecule has 4 heteroatoms. The molecule has 1 aliphatic rings. The molecule has 1 saturated carbocycles. The molecule has 0 spiro atoms.